The Morgan fingerprint density at radius 2 is 1.36 bits per heavy atom. The maximum atomic E-state index is 12.3. The highest BCUT2D eigenvalue weighted by Gasteiger charge is 2.45. The van der Waals surface area contributed by atoms with Gasteiger partial charge in [-0.1, -0.05) is 24.3 Å². The van der Waals surface area contributed by atoms with Gasteiger partial charge in [0.05, 0.1) is 5.75 Å². The summed E-state index contributed by atoms with van der Waals surface area (Å²) in [6.07, 6.45) is 0. The van der Waals surface area contributed by atoms with Crippen LogP contribution in [0.2, 0.25) is 0 Å². The van der Waals surface area contributed by atoms with Crippen LogP contribution >= 0.6 is 0 Å². The Bertz CT molecular complexity index is 574. The van der Waals surface area contributed by atoms with Gasteiger partial charge in [0.1, 0.15) is 0 Å². The highest BCUT2D eigenvalue weighted by atomic mass is 32.2. The predicted molar refractivity (Wildman–Crippen MR) is 75.6 cm³/mol. The molecule has 10 heteroatoms. The van der Waals surface area contributed by atoms with Crippen molar-refractivity contribution in [2.24, 2.45) is 0 Å². The van der Waals surface area contributed by atoms with Crippen LogP contribution in [0.5, 0.6) is 0 Å². The van der Waals surface area contributed by atoms with E-state index in [-0.39, 0.29) is 5.56 Å². The highest BCUT2D eigenvalue weighted by Crippen LogP contribution is 2.27. The Morgan fingerprint density at radius 3 is 1.73 bits per heavy atom. The fourth-order valence-electron chi connectivity index (χ4n) is 1.77. The Morgan fingerprint density at radius 1 is 0.955 bits per heavy atom. The van der Waals surface area contributed by atoms with Crippen molar-refractivity contribution in [2.45, 2.75) is 17.3 Å². The van der Waals surface area contributed by atoms with Crippen LogP contribution in [-0.4, -0.2) is 44.1 Å². The SMILES string of the molecule is CO[Si](Cc1ccc(CS(=O)(=O)C(F)(F)F)cc1)(OC)OC. The van der Waals surface area contributed by atoms with E-state index in [1.54, 1.807) is 0 Å². The number of rotatable bonds is 7. The summed E-state index contributed by atoms with van der Waals surface area (Å²) >= 11 is 0. The van der Waals surface area contributed by atoms with E-state index in [0.29, 0.717) is 11.6 Å². The molecule has 0 N–H and O–H groups in total. The van der Waals surface area contributed by atoms with Gasteiger partial charge >= 0.3 is 14.3 Å². The molecule has 0 fully saturated rings. The smallest absolute Gasteiger partial charge is 0.377 e. The lowest BCUT2D eigenvalue weighted by molar-refractivity contribution is -0.0437. The summed E-state index contributed by atoms with van der Waals surface area (Å²) in [5, 5.41) is 0. The van der Waals surface area contributed by atoms with Crippen molar-refractivity contribution in [1.82, 2.24) is 0 Å². The first-order chi connectivity index (χ1) is 10.1. The first-order valence-electron chi connectivity index (χ1n) is 6.11. The molecule has 0 bridgehead atoms. The second-order valence-corrected chi connectivity index (χ2v) is 9.42. The van der Waals surface area contributed by atoms with Crippen molar-refractivity contribution in [1.29, 1.82) is 0 Å². The molecule has 0 aromatic heterocycles. The lowest BCUT2D eigenvalue weighted by Gasteiger charge is -2.24. The maximum absolute atomic E-state index is 12.3. The minimum absolute atomic E-state index is 0.0561. The van der Waals surface area contributed by atoms with E-state index in [1.165, 1.54) is 45.6 Å². The second kappa shape index (κ2) is 7.09. The van der Waals surface area contributed by atoms with Crippen LogP contribution in [0.1, 0.15) is 11.1 Å². The monoisotopic (exact) mass is 358 g/mol. The van der Waals surface area contributed by atoms with Crippen molar-refractivity contribution < 1.29 is 34.9 Å². The molecule has 5 nitrogen and oxygen atoms in total. The van der Waals surface area contributed by atoms with Gasteiger partial charge in [-0.2, -0.15) is 13.2 Å². The van der Waals surface area contributed by atoms with Crippen molar-refractivity contribution >= 4 is 18.6 Å². The third-order valence-corrected chi connectivity index (χ3v) is 7.21. The third-order valence-electron chi connectivity index (χ3n) is 3.09. The van der Waals surface area contributed by atoms with E-state index in [2.05, 4.69) is 0 Å². The molecule has 1 aromatic rings. The first kappa shape index (κ1) is 19.1. The summed E-state index contributed by atoms with van der Waals surface area (Å²) < 4.78 is 74.9. The molecule has 0 saturated carbocycles. The Balaban J connectivity index is 2.88. The van der Waals surface area contributed by atoms with E-state index in [0.717, 1.165) is 0 Å². The van der Waals surface area contributed by atoms with Crippen molar-refractivity contribution in [3.05, 3.63) is 35.4 Å². The van der Waals surface area contributed by atoms with Gasteiger partial charge in [0, 0.05) is 27.4 Å². The molecular weight excluding hydrogens is 341 g/mol. The summed E-state index contributed by atoms with van der Waals surface area (Å²) in [4.78, 5) is 0. The number of hydrogen-bond donors (Lipinski definition) is 0. The summed E-state index contributed by atoms with van der Waals surface area (Å²) in [5.74, 6) is -1.09. The maximum Gasteiger partial charge on any atom is 0.504 e. The molecule has 0 heterocycles. The molecule has 0 aliphatic heterocycles. The molecule has 126 valence electrons. The van der Waals surface area contributed by atoms with Gasteiger partial charge in [-0.25, -0.2) is 8.42 Å². The lowest BCUT2D eigenvalue weighted by Crippen LogP contribution is -2.45. The Labute approximate surface area is 128 Å². The third kappa shape index (κ3) is 4.52. The van der Waals surface area contributed by atoms with Crippen LogP contribution < -0.4 is 0 Å². The van der Waals surface area contributed by atoms with E-state index < -0.39 is 29.9 Å². The van der Waals surface area contributed by atoms with Crippen molar-refractivity contribution in [3.63, 3.8) is 0 Å². The van der Waals surface area contributed by atoms with Crippen LogP contribution in [0.3, 0.4) is 0 Å². The molecule has 0 aliphatic rings. The number of halogens is 3. The van der Waals surface area contributed by atoms with E-state index >= 15 is 0 Å². The van der Waals surface area contributed by atoms with Gasteiger partial charge in [0.15, 0.2) is 0 Å². The van der Waals surface area contributed by atoms with Crippen molar-refractivity contribution in [2.75, 3.05) is 21.3 Å². The Hall–Kier alpha value is -0.943. The van der Waals surface area contributed by atoms with Crippen LogP contribution in [0.15, 0.2) is 24.3 Å². The van der Waals surface area contributed by atoms with Crippen LogP contribution in [0, 0.1) is 0 Å². The quantitative estimate of drug-likeness (QED) is 0.699. The molecule has 0 atom stereocenters. The van der Waals surface area contributed by atoms with Gasteiger partial charge in [0.2, 0.25) is 0 Å². The number of benzene rings is 1. The standard InChI is InChI=1S/C12H17F3O5SSi/c1-18-22(19-2,20-3)9-11-6-4-10(5-7-11)8-21(16,17)12(13,14)15/h4-7H,8-9H2,1-3H3. The molecule has 0 radical (unpaired) electrons. The van der Waals surface area contributed by atoms with Crippen LogP contribution in [-0.2, 0) is 34.9 Å². The fraction of sp³-hybridized carbons (Fsp3) is 0.500. The normalized spacial score (nSPS) is 13.4. The lowest BCUT2D eigenvalue weighted by atomic mass is 10.2. The summed E-state index contributed by atoms with van der Waals surface area (Å²) in [7, 11) is -3.68. The average Bonchev–Trinajstić information content (AvgIpc) is 2.45. The minimum atomic E-state index is -5.25. The zero-order valence-electron chi connectivity index (χ0n) is 12.3. The zero-order valence-corrected chi connectivity index (χ0v) is 14.1. The van der Waals surface area contributed by atoms with E-state index in [4.69, 9.17) is 13.3 Å². The van der Waals surface area contributed by atoms with Gasteiger partial charge in [-0.15, -0.1) is 0 Å². The van der Waals surface area contributed by atoms with Gasteiger partial charge in [-0.05, 0) is 11.1 Å². The topological polar surface area (TPSA) is 61.8 Å². The van der Waals surface area contributed by atoms with Crippen molar-refractivity contribution in [3.8, 4) is 0 Å². The zero-order chi connectivity index (χ0) is 17.0. The highest BCUT2D eigenvalue weighted by molar-refractivity contribution is 7.91. The molecular formula is C12H17F3O5SSi. The fourth-order valence-corrected chi connectivity index (χ4v) is 4.23. The van der Waals surface area contributed by atoms with Crippen LogP contribution in [0.25, 0.3) is 0 Å². The second-order valence-electron chi connectivity index (χ2n) is 4.49. The van der Waals surface area contributed by atoms with Gasteiger partial charge in [0.25, 0.3) is 9.84 Å². The molecule has 0 saturated heterocycles. The number of alkyl halides is 3. The molecule has 0 aliphatic carbocycles. The summed E-state index contributed by atoms with van der Waals surface area (Å²) in [5.41, 5.74) is -4.48. The average molecular weight is 358 g/mol. The predicted octanol–water partition coefficient (Wildman–Crippen LogP) is 2.08. The summed E-state index contributed by atoms with van der Waals surface area (Å²) in [6.45, 7) is 0. The number of hydrogen-bond acceptors (Lipinski definition) is 5. The molecule has 1 aromatic carbocycles. The van der Waals surface area contributed by atoms with E-state index in [9.17, 15) is 21.6 Å². The van der Waals surface area contributed by atoms with Gasteiger partial charge < -0.3 is 13.3 Å². The Kier molecular flexibility index (Phi) is 6.16. The minimum Gasteiger partial charge on any atom is -0.377 e. The van der Waals surface area contributed by atoms with Crippen LogP contribution in [0.4, 0.5) is 13.2 Å². The molecule has 0 amide bonds. The first-order valence-corrected chi connectivity index (χ1v) is 9.70. The van der Waals surface area contributed by atoms with Gasteiger partial charge in [-0.3, -0.25) is 0 Å². The van der Waals surface area contributed by atoms with E-state index in [1.807, 2.05) is 0 Å². The molecule has 0 spiro atoms. The molecule has 0 unspecified atom stereocenters. The summed E-state index contributed by atoms with van der Waals surface area (Å²) in [6, 6.07) is 6.04. The molecule has 1 rings (SSSR count). The number of sulfone groups is 1. The molecule has 22 heavy (non-hydrogen) atoms. The largest absolute Gasteiger partial charge is 0.504 e.